The van der Waals surface area contributed by atoms with Gasteiger partial charge in [0.25, 0.3) is 0 Å². The maximum absolute atomic E-state index is 13.0. The van der Waals surface area contributed by atoms with Gasteiger partial charge < -0.3 is 33.2 Å². The molecule has 0 saturated heterocycles. The maximum Gasteiger partial charge on any atom is 0.235 e. The molecule has 0 bridgehead atoms. The molecule has 0 amide bonds. The predicted octanol–water partition coefficient (Wildman–Crippen LogP) is 3.21. The number of aromatic hydroxyl groups is 1. The Balaban J connectivity index is 2.37. The van der Waals surface area contributed by atoms with E-state index in [1.807, 2.05) is 0 Å². The average molecular weight is 388 g/mol. The number of methoxy groups -OCH3 is 5. The van der Waals surface area contributed by atoms with Crippen LogP contribution in [0.25, 0.3) is 22.3 Å². The number of phenols is 1. The maximum atomic E-state index is 13.0. The van der Waals surface area contributed by atoms with E-state index in [9.17, 15) is 9.90 Å². The minimum Gasteiger partial charge on any atom is -0.504 e. The molecule has 1 heterocycles. The minimum absolute atomic E-state index is 0.0469. The van der Waals surface area contributed by atoms with E-state index < -0.39 is 5.43 Å². The first-order valence-corrected chi connectivity index (χ1v) is 8.21. The molecular weight excluding hydrogens is 368 g/mol. The van der Waals surface area contributed by atoms with Crippen LogP contribution in [-0.4, -0.2) is 40.7 Å². The smallest absolute Gasteiger partial charge is 0.235 e. The lowest BCUT2D eigenvalue weighted by molar-refractivity contribution is 0.333. The van der Waals surface area contributed by atoms with E-state index in [4.69, 9.17) is 28.1 Å². The SMILES string of the molecule is COc1cc2oc(-c3ccc(OC)c(OC)c3O)c(OC)c(=O)c2cc1OC. The summed E-state index contributed by atoms with van der Waals surface area (Å²) in [5, 5.41) is 10.9. The molecular formula is C20H20O8. The van der Waals surface area contributed by atoms with Gasteiger partial charge in [-0.05, 0) is 18.2 Å². The van der Waals surface area contributed by atoms with Crippen LogP contribution in [0.3, 0.4) is 0 Å². The van der Waals surface area contributed by atoms with Gasteiger partial charge in [0.05, 0.1) is 46.5 Å². The first kappa shape index (κ1) is 19.2. The lowest BCUT2D eigenvalue weighted by Gasteiger charge is -2.15. The number of benzene rings is 2. The monoisotopic (exact) mass is 388 g/mol. The van der Waals surface area contributed by atoms with Crippen LogP contribution in [0, 0.1) is 0 Å². The summed E-state index contributed by atoms with van der Waals surface area (Å²) in [6.45, 7) is 0. The fourth-order valence-electron chi connectivity index (χ4n) is 2.96. The standard InChI is InChI=1S/C20H20O8/c1-23-12-7-6-10(16(21)19(12)26-4)18-20(27-5)17(22)11-8-14(24-2)15(25-3)9-13(11)28-18/h6-9,21H,1-5H3. The van der Waals surface area contributed by atoms with Crippen LogP contribution in [0.5, 0.6) is 34.5 Å². The third-order valence-corrected chi connectivity index (χ3v) is 4.32. The van der Waals surface area contributed by atoms with Gasteiger partial charge in [0.1, 0.15) is 5.58 Å². The minimum atomic E-state index is -0.422. The van der Waals surface area contributed by atoms with Crippen LogP contribution in [0.1, 0.15) is 0 Å². The van der Waals surface area contributed by atoms with E-state index in [0.717, 1.165) is 0 Å². The molecule has 2 aromatic carbocycles. The summed E-state index contributed by atoms with van der Waals surface area (Å²) in [5.74, 6) is 0.947. The van der Waals surface area contributed by atoms with Gasteiger partial charge in [0.2, 0.25) is 16.9 Å². The van der Waals surface area contributed by atoms with Crippen molar-refractivity contribution in [3.8, 4) is 45.8 Å². The van der Waals surface area contributed by atoms with Crippen LogP contribution < -0.4 is 29.1 Å². The molecule has 3 aromatic rings. The number of hydrogen-bond donors (Lipinski definition) is 1. The molecule has 0 fully saturated rings. The first-order valence-electron chi connectivity index (χ1n) is 8.21. The highest BCUT2D eigenvalue weighted by molar-refractivity contribution is 5.86. The van der Waals surface area contributed by atoms with E-state index >= 15 is 0 Å². The Morgan fingerprint density at radius 3 is 1.96 bits per heavy atom. The van der Waals surface area contributed by atoms with Crippen molar-refractivity contribution in [1.82, 2.24) is 0 Å². The Bertz CT molecular complexity index is 1080. The molecule has 3 rings (SSSR count). The van der Waals surface area contributed by atoms with Crippen molar-refractivity contribution in [3.05, 3.63) is 34.5 Å². The van der Waals surface area contributed by atoms with Gasteiger partial charge in [0.15, 0.2) is 28.8 Å². The van der Waals surface area contributed by atoms with Crippen LogP contribution in [0.4, 0.5) is 0 Å². The zero-order valence-corrected chi connectivity index (χ0v) is 16.1. The summed E-state index contributed by atoms with van der Waals surface area (Å²) in [5.41, 5.74) is 0.0322. The fraction of sp³-hybridized carbons (Fsp3) is 0.250. The second kappa shape index (κ2) is 7.59. The molecule has 8 nitrogen and oxygen atoms in total. The van der Waals surface area contributed by atoms with Gasteiger partial charge in [-0.2, -0.15) is 0 Å². The molecule has 1 aromatic heterocycles. The summed E-state index contributed by atoms with van der Waals surface area (Å²) >= 11 is 0. The quantitative estimate of drug-likeness (QED) is 0.688. The number of fused-ring (bicyclic) bond motifs is 1. The predicted molar refractivity (Wildman–Crippen MR) is 102 cm³/mol. The van der Waals surface area contributed by atoms with Crippen molar-refractivity contribution in [2.75, 3.05) is 35.5 Å². The second-order valence-corrected chi connectivity index (χ2v) is 5.69. The highest BCUT2D eigenvalue weighted by Gasteiger charge is 2.24. The van der Waals surface area contributed by atoms with Gasteiger partial charge in [-0.1, -0.05) is 0 Å². The zero-order chi connectivity index (χ0) is 20.4. The summed E-state index contributed by atoms with van der Waals surface area (Å²) in [6.07, 6.45) is 0. The average Bonchev–Trinajstić information content (AvgIpc) is 2.72. The molecule has 0 radical (unpaired) electrons. The van der Waals surface area contributed by atoms with E-state index in [1.165, 1.54) is 47.7 Å². The van der Waals surface area contributed by atoms with Gasteiger partial charge in [-0.3, -0.25) is 4.79 Å². The first-order chi connectivity index (χ1) is 13.5. The topological polar surface area (TPSA) is 96.6 Å². The molecule has 0 saturated carbocycles. The third-order valence-electron chi connectivity index (χ3n) is 4.32. The Labute approximate surface area is 160 Å². The van der Waals surface area contributed by atoms with E-state index in [2.05, 4.69) is 0 Å². The van der Waals surface area contributed by atoms with Gasteiger partial charge in [-0.25, -0.2) is 0 Å². The molecule has 0 unspecified atom stereocenters. The molecule has 1 N–H and O–H groups in total. The highest BCUT2D eigenvalue weighted by atomic mass is 16.5. The normalized spacial score (nSPS) is 10.6. The lowest BCUT2D eigenvalue weighted by atomic mass is 10.1. The molecule has 28 heavy (non-hydrogen) atoms. The molecule has 0 atom stereocenters. The molecule has 8 heteroatoms. The lowest BCUT2D eigenvalue weighted by Crippen LogP contribution is -2.08. The number of rotatable bonds is 6. The van der Waals surface area contributed by atoms with Gasteiger partial charge >= 0.3 is 0 Å². The Kier molecular flexibility index (Phi) is 5.21. The summed E-state index contributed by atoms with van der Waals surface area (Å²) in [4.78, 5) is 13.0. The van der Waals surface area contributed by atoms with E-state index in [0.29, 0.717) is 17.2 Å². The molecule has 0 aliphatic rings. The van der Waals surface area contributed by atoms with Crippen molar-refractivity contribution >= 4 is 11.0 Å². The Morgan fingerprint density at radius 2 is 1.39 bits per heavy atom. The molecule has 0 aliphatic heterocycles. The van der Waals surface area contributed by atoms with Crippen molar-refractivity contribution < 1.29 is 33.2 Å². The van der Waals surface area contributed by atoms with E-state index in [-0.39, 0.29) is 39.5 Å². The largest absolute Gasteiger partial charge is 0.504 e. The fourth-order valence-corrected chi connectivity index (χ4v) is 2.96. The summed E-state index contributed by atoms with van der Waals surface area (Å²) < 4.78 is 32.1. The molecule has 0 spiro atoms. The van der Waals surface area contributed by atoms with Crippen molar-refractivity contribution in [2.24, 2.45) is 0 Å². The zero-order valence-electron chi connectivity index (χ0n) is 16.1. The van der Waals surface area contributed by atoms with Crippen molar-refractivity contribution in [2.45, 2.75) is 0 Å². The Morgan fingerprint density at radius 1 is 0.786 bits per heavy atom. The number of phenolic OH excluding ortho intramolecular Hbond substituents is 1. The van der Waals surface area contributed by atoms with Crippen LogP contribution in [-0.2, 0) is 0 Å². The van der Waals surface area contributed by atoms with Crippen molar-refractivity contribution in [1.29, 1.82) is 0 Å². The summed E-state index contributed by atoms with van der Waals surface area (Å²) in [7, 11) is 7.14. The third kappa shape index (κ3) is 2.92. The van der Waals surface area contributed by atoms with Crippen LogP contribution in [0.15, 0.2) is 33.5 Å². The van der Waals surface area contributed by atoms with Gasteiger partial charge in [0, 0.05) is 6.07 Å². The highest BCUT2D eigenvalue weighted by Crippen LogP contribution is 2.46. The van der Waals surface area contributed by atoms with Crippen molar-refractivity contribution in [3.63, 3.8) is 0 Å². The summed E-state index contributed by atoms with van der Waals surface area (Å²) in [6, 6.07) is 6.19. The van der Waals surface area contributed by atoms with Crippen LogP contribution in [0.2, 0.25) is 0 Å². The Hall–Kier alpha value is -3.55. The molecule has 0 aliphatic carbocycles. The van der Waals surface area contributed by atoms with E-state index in [1.54, 1.807) is 12.1 Å². The number of ether oxygens (including phenoxy) is 5. The van der Waals surface area contributed by atoms with Crippen LogP contribution >= 0.6 is 0 Å². The number of hydrogen-bond acceptors (Lipinski definition) is 8. The van der Waals surface area contributed by atoms with Gasteiger partial charge in [-0.15, -0.1) is 0 Å². The molecule has 148 valence electrons. The second-order valence-electron chi connectivity index (χ2n) is 5.69.